The largest absolute Gasteiger partial charge is 0.867 e. The third-order valence-corrected chi connectivity index (χ3v) is 4.82. The number of anilines is 1. The average Bonchev–Trinajstić information content (AvgIpc) is 2.64. The number of hydrogen-bond acceptors (Lipinski definition) is 2. The van der Waals surface area contributed by atoms with E-state index in [2.05, 4.69) is 5.32 Å². The van der Waals surface area contributed by atoms with Crippen LogP contribution in [0, 0.1) is 6.92 Å². The first kappa shape index (κ1) is 19.4. The number of nitrogens with one attached hydrogen (secondary N) is 1. The van der Waals surface area contributed by atoms with E-state index in [9.17, 15) is 5.11 Å². The molecule has 0 fully saturated rings. The first-order valence-electron chi connectivity index (χ1n) is 8.17. The van der Waals surface area contributed by atoms with E-state index in [0.29, 0.717) is 21.3 Å². The van der Waals surface area contributed by atoms with Crippen LogP contribution in [0.3, 0.4) is 0 Å². The van der Waals surface area contributed by atoms with Crippen molar-refractivity contribution in [3.05, 3.63) is 94.2 Å². The van der Waals surface area contributed by atoms with Gasteiger partial charge in [0.25, 0.3) is 0 Å². The van der Waals surface area contributed by atoms with E-state index in [1.54, 1.807) is 35.2 Å². The maximum absolute atomic E-state index is 13.3. The molecule has 0 aliphatic rings. The van der Waals surface area contributed by atoms with Crippen LogP contribution in [0.4, 0.5) is 5.69 Å². The zero-order chi connectivity index (χ0) is 19.4. The molecule has 0 amide bonds. The van der Waals surface area contributed by atoms with Crippen LogP contribution in [0.25, 0.3) is 11.5 Å². The molecular formula is C21H16Cl2N2OS. The van der Waals surface area contributed by atoms with E-state index in [1.807, 2.05) is 49.4 Å². The van der Waals surface area contributed by atoms with Crippen LogP contribution < -0.4 is 15.0 Å². The molecule has 2 aromatic carbocycles. The minimum Gasteiger partial charge on any atom is -0.867 e. The second-order valence-corrected chi connectivity index (χ2v) is 7.11. The monoisotopic (exact) mass is 414 g/mol. The molecule has 0 saturated heterocycles. The van der Waals surface area contributed by atoms with E-state index < -0.39 is 0 Å². The molecule has 1 heterocycles. The van der Waals surface area contributed by atoms with Gasteiger partial charge in [-0.05, 0) is 42.0 Å². The fraction of sp³-hybridized carbons (Fsp3) is 0.0476. The predicted molar refractivity (Wildman–Crippen MR) is 114 cm³/mol. The summed E-state index contributed by atoms with van der Waals surface area (Å²) in [6.45, 7) is 1.97. The van der Waals surface area contributed by atoms with E-state index >= 15 is 0 Å². The molecule has 6 heteroatoms. The van der Waals surface area contributed by atoms with Gasteiger partial charge in [-0.1, -0.05) is 65.8 Å². The molecule has 1 N–H and O–H groups in total. The van der Waals surface area contributed by atoms with Crippen LogP contribution in [0.1, 0.15) is 11.1 Å². The van der Waals surface area contributed by atoms with Crippen molar-refractivity contribution in [2.45, 2.75) is 6.92 Å². The van der Waals surface area contributed by atoms with Crippen LogP contribution in [0.2, 0.25) is 10.0 Å². The Kier molecular flexibility index (Phi) is 6.11. The van der Waals surface area contributed by atoms with Crippen molar-refractivity contribution in [3.63, 3.8) is 0 Å². The van der Waals surface area contributed by atoms with E-state index in [4.69, 9.17) is 35.4 Å². The smallest absolute Gasteiger partial charge is 0.238 e. The molecular weight excluding hydrogens is 399 g/mol. The average molecular weight is 415 g/mol. The number of rotatable bonds is 4. The number of hydrogen-bond donors (Lipinski definition) is 1. The Balaban J connectivity index is 2.11. The van der Waals surface area contributed by atoms with Crippen molar-refractivity contribution in [2.75, 3.05) is 5.32 Å². The summed E-state index contributed by atoms with van der Waals surface area (Å²) in [5.41, 5.74) is 2.50. The minimum atomic E-state index is -0.293. The minimum absolute atomic E-state index is 0.278. The highest BCUT2D eigenvalue weighted by Crippen LogP contribution is 2.27. The summed E-state index contributed by atoms with van der Waals surface area (Å²) >= 11 is 17.8. The van der Waals surface area contributed by atoms with Gasteiger partial charge in [0.2, 0.25) is 5.70 Å². The van der Waals surface area contributed by atoms with Crippen molar-refractivity contribution in [2.24, 2.45) is 0 Å². The molecule has 0 unspecified atom stereocenters. The summed E-state index contributed by atoms with van der Waals surface area (Å²) in [7, 11) is 0. The predicted octanol–water partition coefficient (Wildman–Crippen LogP) is 4.71. The van der Waals surface area contributed by atoms with Gasteiger partial charge in [0.15, 0.2) is 17.4 Å². The quantitative estimate of drug-likeness (QED) is 0.290. The molecule has 0 aliphatic carbocycles. The normalized spacial score (nSPS) is 11.7. The van der Waals surface area contributed by atoms with Gasteiger partial charge in [0, 0.05) is 27.9 Å². The van der Waals surface area contributed by atoms with Gasteiger partial charge in [0.1, 0.15) is 0 Å². The third kappa shape index (κ3) is 4.48. The van der Waals surface area contributed by atoms with Gasteiger partial charge in [-0.25, -0.2) is 0 Å². The van der Waals surface area contributed by atoms with Gasteiger partial charge in [-0.2, -0.15) is 4.57 Å². The molecule has 136 valence electrons. The third-order valence-electron chi connectivity index (χ3n) is 3.97. The summed E-state index contributed by atoms with van der Waals surface area (Å²) < 4.78 is 1.68. The molecule has 0 radical (unpaired) electrons. The lowest BCUT2D eigenvalue weighted by atomic mass is 10.1. The molecule has 27 heavy (non-hydrogen) atoms. The second-order valence-electron chi connectivity index (χ2n) is 5.85. The molecule has 0 saturated carbocycles. The SMILES string of the molecule is Cc1ccccc1NC(=S)C(=C([O-])c1ccc(Cl)cc1Cl)[n+]1ccccc1. The molecule has 0 atom stereocenters. The Labute approximate surface area is 173 Å². The fourth-order valence-electron chi connectivity index (χ4n) is 2.58. The van der Waals surface area contributed by atoms with Gasteiger partial charge in [-0.3, -0.25) is 0 Å². The number of nitrogens with zero attached hydrogens (tertiary/aromatic N) is 1. The van der Waals surface area contributed by atoms with Crippen LogP contribution >= 0.6 is 35.4 Å². The first-order valence-corrected chi connectivity index (χ1v) is 9.34. The Bertz CT molecular complexity index is 1020. The Morgan fingerprint density at radius 2 is 1.70 bits per heavy atom. The highest BCUT2D eigenvalue weighted by molar-refractivity contribution is 7.81. The highest BCUT2D eigenvalue weighted by Gasteiger charge is 2.20. The van der Waals surface area contributed by atoms with Crippen molar-refractivity contribution >= 4 is 57.6 Å². The van der Waals surface area contributed by atoms with Crippen LogP contribution in [-0.2, 0) is 0 Å². The lowest BCUT2D eigenvalue weighted by Gasteiger charge is -2.18. The van der Waals surface area contributed by atoms with Gasteiger partial charge < -0.3 is 10.4 Å². The molecule has 0 spiro atoms. The number of aryl methyl sites for hydroxylation is 1. The Morgan fingerprint density at radius 3 is 2.37 bits per heavy atom. The second kappa shape index (κ2) is 8.53. The molecule has 3 nitrogen and oxygen atoms in total. The number of para-hydroxylation sites is 1. The molecule has 3 aromatic rings. The van der Waals surface area contributed by atoms with Crippen LogP contribution in [0.15, 0.2) is 73.1 Å². The Hall–Kier alpha value is -2.40. The van der Waals surface area contributed by atoms with Gasteiger partial charge in [-0.15, -0.1) is 0 Å². The van der Waals surface area contributed by atoms with Crippen molar-refractivity contribution in [1.29, 1.82) is 0 Å². The number of benzene rings is 2. The maximum Gasteiger partial charge on any atom is 0.238 e. The lowest BCUT2D eigenvalue weighted by Crippen LogP contribution is -2.39. The van der Waals surface area contributed by atoms with Crippen LogP contribution in [-0.4, -0.2) is 4.99 Å². The lowest BCUT2D eigenvalue weighted by molar-refractivity contribution is -0.577. The number of halogens is 2. The summed E-state index contributed by atoms with van der Waals surface area (Å²) in [5, 5.41) is 17.2. The number of pyridine rings is 1. The van der Waals surface area contributed by atoms with E-state index in [0.717, 1.165) is 11.3 Å². The maximum atomic E-state index is 13.3. The van der Waals surface area contributed by atoms with Crippen molar-refractivity contribution in [1.82, 2.24) is 0 Å². The summed E-state index contributed by atoms with van der Waals surface area (Å²) in [4.78, 5) is 0.302. The topological polar surface area (TPSA) is 39.0 Å². The highest BCUT2D eigenvalue weighted by atomic mass is 35.5. The van der Waals surface area contributed by atoms with E-state index in [1.165, 1.54) is 0 Å². The number of aromatic nitrogens is 1. The first-order chi connectivity index (χ1) is 13.0. The molecule has 1 aromatic heterocycles. The summed E-state index contributed by atoms with van der Waals surface area (Å²) in [5.74, 6) is -0.293. The van der Waals surface area contributed by atoms with Crippen molar-refractivity contribution < 1.29 is 9.67 Å². The fourth-order valence-corrected chi connectivity index (χ4v) is 3.38. The zero-order valence-corrected chi connectivity index (χ0v) is 16.8. The zero-order valence-electron chi connectivity index (χ0n) is 14.4. The van der Waals surface area contributed by atoms with Crippen LogP contribution in [0.5, 0.6) is 0 Å². The standard InChI is InChI=1S/C21H16Cl2N2OS/c1-14-7-3-4-8-18(14)24-21(27)19(25-11-5-2-6-12-25)20(26)16-10-9-15(22)13-17(16)23/h2-13H,1H3,(H-,24,26,27). The molecule has 3 rings (SSSR count). The van der Waals surface area contributed by atoms with Crippen molar-refractivity contribution in [3.8, 4) is 0 Å². The van der Waals surface area contributed by atoms with Gasteiger partial charge >= 0.3 is 0 Å². The molecule has 0 aliphatic heterocycles. The van der Waals surface area contributed by atoms with Gasteiger partial charge in [0.05, 0.1) is 0 Å². The molecule has 0 bridgehead atoms. The summed E-state index contributed by atoms with van der Waals surface area (Å²) in [6, 6.07) is 18.0. The van der Waals surface area contributed by atoms with E-state index in [-0.39, 0.29) is 10.8 Å². The summed E-state index contributed by atoms with van der Waals surface area (Å²) in [6.07, 6.45) is 3.53. The Morgan fingerprint density at radius 1 is 1.00 bits per heavy atom. The number of thiocarbonyl (C=S) groups is 1.